The number of hydrogen-bond donors (Lipinski definition) is 1. The molecule has 3 aromatic carbocycles. The van der Waals surface area contributed by atoms with E-state index >= 15 is 0 Å². The first-order chi connectivity index (χ1) is 17.4. The molecular formula is C29H29Cl3N2O2. The van der Waals surface area contributed by atoms with Crippen molar-refractivity contribution in [3.63, 3.8) is 0 Å². The van der Waals surface area contributed by atoms with Crippen molar-refractivity contribution in [1.29, 1.82) is 0 Å². The van der Waals surface area contributed by atoms with Gasteiger partial charge in [0.1, 0.15) is 6.04 Å². The summed E-state index contributed by atoms with van der Waals surface area (Å²) < 4.78 is 0. The van der Waals surface area contributed by atoms with E-state index in [4.69, 9.17) is 34.8 Å². The molecular weight excluding hydrogens is 515 g/mol. The zero-order valence-corrected chi connectivity index (χ0v) is 22.2. The van der Waals surface area contributed by atoms with Crippen molar-refractivity contribution in [2.24, 2.45) is 0 Å². The monoisotopic (exact) mass is 542 g/mol. The normalized spacial score (nSPS) is 14.4. The van der Waals surface area contributed by atoms with Crippen LogP contribution in [0.2, 0.25) is 15.1 Å². The molecule has 0 unspecified atom stereocenters. The van der Waals surface area contributed by atoms with E-state index in [1.807, 2.05) is 42.5 Å². The van der Waals surface area contributed by atoms with E-state index in [2.05, 4.69) is 5.32 Å². The van der Waals surface area contributed by atoms with Gasteiger partial charge in [0.05, 0.1) is 6.42 Å². The van der Waals surface area contributed by atoms with Crippen LogP contribution in [-0.2, 0) is 29.0 Å². The van der Waals surface area contributed by atoms with Gasteiger partial charge in [0.2, 0.25) is 11.8 Å². The summed E-state index contributed by atoms with van der Waals surface area (Å²) in [6.07, 6.45) is 4.62. The van der Waals surface area contributed by atoms with Crippen LogP contribution in [-0.4, -0.2) is 28.8 Å². The van der Waals surface area contributed by atoms with E-state index in [1.165, 1.54) is 0 Å². The Balaban J connectivity index is 1.66. The number of nitrogens with one attached hydrogen (secondary N) is 1. The predicted molar refractivity (Wildman–Crippen MR) is 147 cm³/mol. The molecule has 1 saturated carbocycles. The van der Waals surface area contributed by atoms with Crippen molar-refractivity contribution >= 4 is 46.6 Å². The number of benzene rings is 3. The van der Waals surface area contributed by atoms with Gasteiger partial charge in [0.25, 0.3) is 0 Å². The predicted octanol–water partition coefficient (Wildman–Crippen LogP) is 6.89. The quantitative estimate of drug-likeness (QED) is 0.319. The molecule has 0 aromatic heterocycles. The Morgan fingerprint density at radius 3 is 2.19 bits per heavy atom. The topological polar surface area (TPSA) is 49.4 Å². The molecule has 7 heteroatoms. The maximum Gasteiger partial charge on any atom is 0.243 e. The van der Waals surface area contributed by atoms with E-state index in [0.717, 1.165) is 36.8 Å². The Labute approximate surface area is 227 Å². The van der Waals surface area contributed by atoms with Crippen LogP contribution in [0.25, 0.3) is 0 Å². The standard InChI is InChI=1S/C29H29Cl3N2O2/c30-23-13-10-21(11-14-23)19-34(28(35)17-22-12-15-24(31)18-26(22)32)27(16-20-6-2-1-3-7-20)29(36)33-25-8-4-5-9-25/h1-3,6-7,10-15,18,25,27H,4-5,8-9,16-17,19H2,(H,33,36)/t27-/m0/s1. The molecule has 1 fully saturated rings. The highest BCUT2D eigenvalue weighted by molar-refractivity contribution is 6.35. The van der Waals surface area contributed by atoms with E-state index < -0.39 is 6.04 Å². The van der Waals surface area contributed by atoms with Crippen LogP contribution < -0.4 is 5.32 Å². The van der Waals surface area contributed by atoms with Gasteiger partial charge in [0.15, 0.2) is 0 Å². The lowest BCUT2D eigenvalue weighted by Gasteiger charge is -2.32. The Morgan fingerprint density at radius 1 is 0.861 bits per heavy atom. The molecule has 0 saturated heterocycles. The van der Waals surface area contributed by atoms with Crippen molar-refractivity contribution < 1.29 is 9.59 Å². The van der Waals surface area contributed by atoms with Gasteiger partial charge in [0, 0.05) is 34.1 Å². The third-order valence-corrected chi connectivity index (χ3v) is 7.43. The molecule has 188 valence electrons. The molecule has 4 nitrogen and oxygen atoms in total. The van der Waals surface area contributed by atoms with E-state index in [0.29, 0.717) is 27.1 Å². The summed E-state index contributed by atoms with van der Waals surface area (Å²) >= 11 is 18.5. The number of carbonyl (C=O) groups is 2. The molecule has 0 heterocycles. The van der Waals surface area contributed by atoms with Crippen molar-refractivity contribution in [3.05, 3.63) is 105 Å². The molecule has 1 atom stereocenters. The molecule has 0 spiro atoms. The highest BCUT2D eigenvalue weighted by Gasteiger charge is 2.32. The minimum atomic E-state index is -0.678. The van der Waals surface area contributed by atoms with E-state index in [-0.39, 0.29) is 30.8 Å². The fraction of sp³-hybridized carbons (Fsp3) is 0.310. The molecule has 1 aliphatic carbocycles. The lowest BCUT2D eigenvalue weighted by atomic mass is 10.0. The average Bonchev–Trinajstić information content (AvgIpc) is 3.38. The molecule has 0 radical (unpaired) electrons. The Hall–Kier alpha value is -2.53. The summed E-state index contributed by atoms with van der Waals surface area (Å²) in [7, 11) is 0. The number of amides is 2. The molecule has 0 bridgehead atoms. The van der Waals surface area contributed by atoms with Crippen molar-refractivity contribution in [2.75, 3.05) is 0 Å². The van der Waals surface area contributed by atoms with Gasteiger partial charge < -0.3 is 10.2 Å². The van der Waals surface area contributed by atoms with Gasteiger partial charge in [-0.25, -0.2) is 0 Å². The first-order valence-electron chi connectivity index (χ1n) is 12.2. The summed E-state index contributed by atoms with van der Waals surface area (Å²) in [5.74, 6) is -0.313. The fourth-order valence-corrected chi connectivity index (χ4v) is 5.24. The van der Waals surface area contributed by atoms with Gasteiger partial charge in [-0.1, -0.05) is 96.2 Å². The van der Waals surface area contributed by atoms with E-state index in [9.17, 15) is 9.59 Å². The maximum atomic E-state index is 13.8. The van der Waals surface area contributed by atoms with Gasteiger partial charge in [-0.3, -0.25) is 9.59 Å². The molecule has 3 aromatic rings. The number of halogens is 3. The highest BCUT2D eigenvalue weighted by atomic mass is 35.5. The second-order valence-electron chi connectivity index (χ2n) is 9.26. The zero-order valence-electron chi connectivity index (χ0n) is 19.9. The smallest absolute Gasteiger partial charge is 0.243 e. The third-order valence-electron chi connectivity index (χ3n) is 6.60. The fourth-order valence-electron chi connectivity index (χ4n) is 4.64. The largest absolute Gasteiger partial charge is 0.352 e. The van der Waals surface area contributed by atoms with Crippen LogP contribution in [0.3, 0.4) is 0 Å². The number of rotatable bonds is 9. The van der Waals surface area contributed by atoms with Crippen LogP contribution in [0.15, 0.2) is 72.8 Å². The van der Waals surface area contributed by atoms with Crippen LogP contribution in [0.4, 0.5) is 0 Å². The first-order valence-corrected chi connectivity index (χ1v) is 13.3. The molecule has 0 aliphatic heterocycles. The molecule has 1 aliphatic rings. The van der Waals surface area contributed by atoms with Crippen LogP contribution >= 0.6 is 34.8 Å². The summed E-state index contributed by atoms with van der Waals surface area (Å²) in [4.78, 5) is 29.2. The van der Waals surface area contributed by atoms with Crippen molar-refractivity contribution in [2.45, 2.75) is 57.2 Å². The minimum Gasteiger partial charge on any atom is -0.352 e. The maximum absolute atomic E-state index is 13.8. The Bertz CT molecular complexity index is 1180. The minimum absolute atomic E-state index is 0.0611. The second-order valence-corrected chi connectivity index (χ2v) is 10.5. The Morgan fingerprint density at radius 2 is 1.53 bits per heavy atom. The SMILES string of the molecule is O=C(NC1CCCC1)[C@H](Cc1ccccc1)N(Cc1ccc(Cl)cc1)C(=O)Cc1ccc(Cl)cc1Cl. The number of nitrogens with zero attached hydrogens (tertiary/aromatic N) is 1. The summed E-state index contributed by atoms with van der Waals surface area (Å²) in [5, 5.41) is 4.76. The average molecular weight is 544 g/mol. The zero-order chi connectivity index (χ0) is 25.5. The summed E-state index contributed by atoms with van der Waals surface area (Å²) in [5.41, 5.74) is 2.55. The Kier molecular flexibility index (Phi) is 9.30. The van der Waals surface area contributed by atoms with Crippen LogP contribution in [0, 0.1) is 0 Å². The lowest BCUT2D eigenvalue weighted by Crippen LogP contribution is -2.52. The van der Waals surface area contributed by atoms with Crippen LogP contribution in [0.5, 0.6) is 0 Å². The van der Waals surface area contributed by atoms with Gasteiger partial charge in [-0.05, 0) is 53.8 Å². The first kappa shape index (κ1) is 26.5. The van der Waals surface area contributed by atoms with Gasteiger partial charge in [-0.2, -0.15) is 0 Å². The van der Waals surface area contributed by atoms with Gasteiger partial charge >= 0.3 is 0 Å². The third kappa shape index (κ3) is 7.25. The van der Waals surface area contributed by atoms with Crippen molar-refractivity contribution in [3.8, 4) is 0 Å². The molecule has 4 rings (SSSR count). The molecule has 36 heavy (non-hydrogen) atoms. The summed E-state index contributed by atoms with van der Waals surface area (Å²) in [6.45, 7) is 0.275. The lowest BCUT2D eigenvalue weighted by molar-refractivity contribution is -0.141. The van der Waals surface area contributed by atoms with E-state index in [1.54, 1.807) is 35.2 Å². The number of carbonyl (C=O) groups excluding carboxylic acids is 2. The molecule has 2 amide bonds. The number of hydrogen-bond acceptors (Lipinski definition) is 2. The highest BCUT2D eigenvalue weighted by Crippen LogP contribution is 2.24. The second kappa shape index (κ2) is 12.6. The van der Waals surface area contributed by atoms with Gasteiger partial charge in [-0.15, -0.1) is 0 Å². The van der Waals surface area contributed by atoms with Crippen molar-refractivity contribution in [1.82, 2.24) is 10.2 Å². The summed E-state index contributed by atoms with van der Waals surface area (Å²) in [6, 6.07) is 21.7. The molecule has 1 N–H and O–H groups in total. The van der Waals surface area contributed by atoms with Crippen LogP contribution in [0.1, 0.15) is 42.4 Å².